The van der Waals surface area contributed by atoms with E-state index in [2.05, 4.69) is 38.8 Å². The zero-order valence-electron chi connectivity index (χ0n) is 11.6. The average molecular weight is 347 g/mol. The molecule has 108 valence electrons. The lowest BCUT2D eigenvalue weighted by Gasteiger charge is -2.37. The summed E-state index contributed by atoms with van der Waals surface area (Å²) in [5.41, 5.74) is 3.19. The summed E-state index contributed by atoms with van der Waals surface area (Å²) in [4.78, 5) is 15.8. The van der Waals surface area contributed by atoms with E-state index in [0.717, 1.165) is 34.6 Å². The molecule has 0 atom stereocenters. The van der Waals surface area contributed by atoms with Gasteiger partial charge in [0.1, 0.15) is 0 Å². The summed E-state index contributed by atoms with van der Waals surface area (Å²) in [7, 11) is 2.05. The first-order valence-electron chi connectivity index (χ1n) is 6.68. The topological polar surface area (TPSA) is 43.8 Å². The van der Waals surface area contributed by atoms with Gasteiger partial charge in [-0.15, -0.1) is 0 Å². The number of carboxylic acid groups (broad SMARTS) is 1. The molecule has 0 aliphatic carbocycles. The van der Waals surface area contributed by atoms with Gasteiger partial charge < -0.3 is 14.9 Å². The van der Waals surface area contributed by atoms with Crippen LogP contribution in [0.5, 0.6) is 0 Å². The Labute approximate surface area is 131 Å². The fourth-order valence-electron chi connectivity index (χ4n) is 2.67. The van der Waals surface area contributed by atoms with E-state index in [0.29, 0.717) is 5.56 Å². The van der Waals surface area contributed by atoms with E-state index in [9.17, 15) is 9.90 Å². The van der Waals surface area contributed by atoms with Gasteiger partial charge in [-0.25, -0.2) is 4.79 Å². The highest BCUT2D eigenvalue weighted by atomic mass is 79.9. The van der Waals surface area contributed by atoms with Gasteiger partial charge in [0.05, 0.1) is 22.6 Å². The maximum Gasteiger partial charge on any atom is 0.337 e. The minimum atomic E-state index is -0.914. The molecule has 0 saturated carbocycles. The first-order chi connectivity index (χ1) is 10.1. The number of hydrogen-bond donors (Lipinski definition) is 1. The molecule has 0 amide bonds. The van der Waals surface area contributed by atoms with Crippen LogP contribution in [-0.4, -0.2) is 31.2 Å². The monoisotopic (exact) mass is 346 g/mol. The third-order valence-corrected chi connectivity index (χ3v) is 4.22. The summed E-state index contributed by atoms with van der Waals surface area (Å²) in [6.07, 6.45) is 0. The second kappa shape index (κ2) is 5.41. The lowest BCUT2D eigenvalue weighted by atomic mass is 10.1. The van der Waals surface area contributed by atoms with Gasteiger partial charge in [-0.2, -0.15) is 0 Å². The molecule has 5 heteroatoms. The fraction of sp³-hybridized carbons (Fsp3) is 0.188. The molecule has 1 heterocycles. The standard InChI is InChI=1S/C16H15BrN2O2/c1-18-8-9-19(15-5-3-2-4-14(15)18)13-7-6-11(17)10-12(13)16(20)21/h2-7,10H,8-9H2,1H3,(H,20,21). The Bertz CT molecular complexity index is 702. The van der Waals surface area contributed by atoms with Crippen molar-refractivity contribution in [2.24, 2.45) is 0 Å². The van der Waals surface area contributed by atoms with E-state index in [1.807, 2.05) is 30.3 Å². The highest BCUT2D eigenvalue weighted by Gasteiger charge is 2.24. The molecular weight excluding hydrogens is 332 g/mol. The van der Waals surface area contributed by atoms with Gasteiger partial charge in [0, 0.05) is 24.6 Å². The number of nitrogens with zero attached hydrogens (tertiary/aromatic N) is 2. The van der Waals surface area contributed by atoms with Crippen LogP contribution in [0.3, 0.4) is 0 Å². The number of para-hydroxylation sites is 2. The Hall–Kier alpha value is -2.01. The summed E-state index contributed by atoms with van der Waals surface area (Å²) >= 11 is 3.34. The number of hydrogen-bond acceptors (Lipinski definition) is 3. The van der Waals surface area contributed by atoms with Crippen molar-refractivity contribution in [3.63, 3.8) is 0 Å². The minimum Gasteiger partial charge on any atom is -0.478 e. The van der Waals surface area contributed by atoms with E-state index in [-0.39, 0.29) is 0 Å². The van der Waals surface area contributed by atoms with Crippen LogP contribution in [0.4, 0.5) is 17.1 Å². The molecule has 4 nitrogen and oxygen atoms in total. The molecule has 1 aliphatic heterocycles. The predicted octanol–water partition coefficient (Wildman–Crippen LogP) is 3.74. The number of carboxylic acids is 1. The van der Waals surface area contributed by atoms with Crippen molar-refractivity contribution in [3.05, 3.63) is 52.5 Å². The number of carbonyl (C=O) groups is 1. The minimum absolute atomic E-state index is 0.309. The molecule has 0 saturated heterocycles. The molecule has 0 bridgehead atoms. The Morgan fingerprint density at radius 1 is 1.10 bits per heavy atom. The van der Waals surface area contributed by atoms with Crippen molar-refractivity contribution in [1.29, 1.82) is 0 Å². The van der Waals surface area contributed by atoms with E-state index < -0.39 is 5.97 Å². The van der Waals surface area contributed by atoms with Crippen LogP contribution in [0.1, 0.15) is 10.4 Å². The third kappa shape index (κ3) is 2.49. The second-order valence-corrected chi connectivity index (χ2v) is 5.94. The SMILES string of the molecule is CN1CCN(c2ccc(Br)cc2C(=O)O)c2ccccc21. The summed E-state index contributed by atoms with van der Waals surface area (Å²) in [6, 6.07) is 13.4. The zero-order valence-corrected chi connectivity index (χ0v) is 13.2. The number of likely N-dealkylation sites (N-methyl/N-ethyl adjacent to an activating group) is 1. The van der Waals surface area contributed by atoms with Gasteiger partial charge in [0.25, 0.3) is 0 Å². The maximum absolute atomic E-state index is 11.5. The molecule has 3 rings (SSSR count). The number of benzene rings is 2. The largest absolute Gasteiger partial charge is 0.478 e. The Balaban J connectivity index is 2.14. The molecule has 0 radical (unpaired) electrons. The molecular formula is C16H15BrN2O2. The number of rotatable bonds is 2. The summed E-state index contributed by atoms with van der Waals surface area (Å²) in [6.45, 7) is 1.61. The maximum atomic E-state index is 11.5. The quantitative estimate of drug-likeness (QED) is 0.899. The Kier molecular flexibility index (Phi) is 3.59. The predicted molar refractivity (Wildman–Crippen MR) is 87.8 cm³/mol. The first kappa shape index (κ1) is 13.9. The Morgan fingerprint density at radius 2 is 1.81 bits per heavy atom. The molecule has 2 aromatic carbocycles. The van der Waals surface area contributed by atoms with E-state index in [4.69, 9.17) is 0 Å². The molecule has 1 N–H and O–H groups in total. The third-order valence-electron chi connectivity index (χ3n) is 3.72. The lowest BCUT2D eigenvalue weighted by molar-refractivity contribution is 0.0697. The van der Waals surface area contributed by atoms with Crippen LogP contribution in [0, 0.1) is 0 Å². The van der Waals surface area contributed by atoms with Crippen LogP contribution in [0.25, 0.3) is 0 Å². The van der Waals surface area contributed by atoms with E-state index in [1.165, 1.54) is 0 Å². The fourth-order valence-corrected chi connectivity index (χ4v) is 3.03. The van der Waals surface area contributed by atoms with Crippen LogP contribution in [0.15, 0.2) is 46.9 Å². The molecule has 0 spiro atoms. The van der Waals surface area contributed by atoms with Gasteiger partial charge in [-0.3, -0.25) is 0 Å². The molecule has 0 unspecified atom stereocenters. The van der Waals surface area contributed by atoms with Crippen LogP contribution in [-0.2, 0) is 0 Å². The highest BCUT2D eigenvalue weighted by molar-refractivity contribution is 9.10. The normalized spacial score (nSPS) is 14.0. The summed E-state index contributed by atoms with van der Waals surface area (Å²) < 4.78 is 0.770. The molecule has 0 fully saturated rings. The van der Waals surface area contributed by atoms with Crippen molar-refractivity contribution in [2.75, 3.05) is 29.9 Å². The van der Waals surface area contributed by atoms with Gasteiger partial charge in [0.2, 0.25) is 0 Å². The number of aromatic carboxylic acids is 1. The average Bonchev–Trinajstić information content (AvgIpc) is 2.48. The van der Waals surface area contributed by atoms with Crippen molar-refractivity contribution in [1.82, 2.24) is 0 Å². The molecule has 2 aromatic rings. The highest BCUT2D eigenvalue weighted by Crippen LogP contribution is 2.38. The number of anilines is 3. The molecule has 21 heavy (non-hydrogen) atoms. The van der Waals surface area contributed by atoms with Crippen LogP contribution < -0.4 is 9.80 Å². The lowest BCUT2D eigenvalue weighted by Crippen LogP contribution is -2.37. The van der Waals surface area contributed by atoms with Crippen molar-refractivity contribution >= 4 is 39.0 Å². The van der Waals surface area contributed by atoms with Crippen molar-refractivity contribution in [3.8, 4) is 0 Å². The number of fused-ring (bicyclic) bond motifs is 1. The number of halogens is 1. The Morgan fingerprint density at radius 3 is 2.52 bits per heavy atom. The van der Waals surface area contributed by atoms with Crippen LogP contribution in [0.2, 0.25) is 0 Å². The smallest absolute Gasteiger partial charge is 0.337 e. The van der Waals surface area contributed by atoms with E-state index >= 15 is 0 Å². The first-order valence-corrected chi connectivity index (χ1v) is 7.48. The van der Waals surface area contributed by atoms with Gasteiger partial charge in [0.15, 0.2) is 0 Å². The van der Waals surface area contributed by atoms with Gasteiger partial charge in [-0.1, -0.05) is 28.1 Å². The van der Waals surface area contributed by atoms with E-state index in [1.54, 1.807) is 6.07 Å². The van der Waals surface area contributed by atoms with Crippen molar-refractivity contribution < 1.29 is 9.90 Å². The summed E-state index contributed by atoms with van der Waals surface area (Å²) in [5.74, 6) is -0.914. The zero-order chi connectivity index (χ0) is 15.0. The molecule has 1 aliphatic rings. The van der Waals surface area contributed by atoms with Crippen LogP contribution >= 0.6 is 15.9 Å². The van der Waals surface area contributed by atoms with Gasteiger partial charge in [-0.05, 0) is 30.3 Å². The summed E-state index contributed by atoms with van der Waals surface area (Å²) in [5, 5.41) is 9.46. The second-order valence-electron chi connectivity index (χ2n) is 5.03. The van der Waals surface area contributed by atoms with Crippen molar-refractivity contribution in [2.45, 2.75) is 0 Å². The van der Waals surface area contributed by atoms with Gasteiger partial charge >= 0.3 is 5.97 Å². The molecule has 0 aromatic heterocycles.